The second-order valence-corrected chi connectivity index (χ2v) is 5.63. The Morgan fingerprint density at radius 3 is 2.62 bits per heavy atom. The fourth-order valence-electron chi connectivity index (χ4n) is 2.05. The van der Waals surface area contributed by atoms with Gasteiger partial charge in [0.05, 0.1) is 15.6 Å². The van der Waals surface area contributed by atoms with E-state index in [0.29, 0.717) is 10.6 Å². The lowest BCUT2D eigenvalue weighted by atomic mass is 9.99. The van der Waals surface area contributed by atoms with Crippen molar-refractivity contribution in [2.24, 2.45) is 5.92 Å². The molecule has 16 heavy (non-hydrogen) atoms. The summed E-state index contributed by atoms with van der Waals surface area (Å²) < 4.78 is 0. The summed E-state index contributed by atoms with van der Waals surface area (Å²) in [5.74, 6) is 0.889. The zero-order valence-electron chi connectivity index (χ0n) is 9.82. The molecular weight excluding hydrogens is 220 g/mol. The number of thiophene rings is 1. The average molecular weight is 238 g/mol. The number of nitrogen functional groups attached to an aromatic ring is 1. The summed E-state index contributed by atoms with van der Waals surface area (Å²) in [6.07, 6.45) is 2.46. The van der Waals surface area contributed by atoms with E-state index in [1.54, 1.807) is 6.92 Å². The SMILES string of the molecule is CC(=O)c1sc(N2CCC(C)CC2)cc1N. The smallest absolute Gasteiger partial charge is 0.171 e. The lowest BCUT2D eigenvalue weighted by Crippen LogP contribution is -2.32. The average Bonchev–Trinajstić information content (AvgIpc) is 2.61. The van der Waals surface area contributed by atoms with Crippen LogP contribution in [0, 0.1) is 5.92 Å². The van der Waals surface area contributed by atoms with Crippen LogP contribution in [0.25, 0.3) is 0 Å². The normalized spacial score (nSPS) is 17.8. The van der Waals surface area contributed by atoms with E-state index in [-0.39, 0.29) is 5.78 Å². The van der Waals surface area contributed by atoms with Crippen LogP contribution in [-0.4, -0.2) is 18.9 Å². The van der Waals surface area contributed by atoms with E-state index in [2.05, 4.69) is 11.8 Å². The number of piperidine rings is 1. The van der Waals surface area contributed by atoms with Gasteiger partial charge >= 0.3 is 0 Å². The number of nitrogens with zero attached hydrogens (tertiary/aromatic N) is 1. The minimum Gasteiger partial charge on any atom is -0.397 e. The van der Waals surface area contributed by atoms with Crippen LogP contribution in [-0.2, 0) is 0 Å². The van der Waals surface area contributed by atoms with Crippen LogP contribution in [0.1, 0.15) is 36.4 Å². The molecule has 1 fully saturated rings. The second kappa shape index (κ2) is 4.45. The summed E-state index contributed by atoms with van der Waals surface area (Å²) in [6.45, 7) is 6.03. The molecule has 1 aliphatic heterocycles. The zero-order valence-corrected chi connectivity index (χ0v) is 10.6. The predicted octanol–water partition coefficient (Wildman–Crippen LogP) is 2.77. The molecule has 0 atom stereocenters. The largest absolute Gasteiger partial charge is 0.397 e. The monoisotopic (exact) mass is 238 g/mol. The van der Waals surface area contributed by atoms with Gasteiger partial charge in [-0.2, -0.15) is 0 Å². The first-order valence-corrected chi connectivity index (χ1v) is 6.54. The van der Waals surface area contributed by atoms with Gasteiger partial charge in [0.2, 0.25) is 0 Å². The van der Waals surface area contributed by atoms with Crippen molar-refractivity contribution in [3.05, 3.63) is 10.9 Å². The van der Waals surface area contributed by atoms with Crippen LogP contribution in [0.2, 0.25) is 0 Å². The van der Waals surface area contributed by atoms with E-state index >= 15 is 0 Å². The Labute approximate surface area is 100 Å². The van der Waals surface area contributed by atoms with E-state index in [1.165, 1.54) is 24.2 Å². The number of rotatable bonds is 2. The van der Waals surface area contributed by atoms with Gasteiger partial charge in [-0.15, -0.1) is 11.3 Å². The third-order valence-corrected chi connectivity index (χ3v) is 4.48. The molecule has 4 heteroatoms. The first kappa shape index (κ1) is 11.5. The quantitative estimate of drug-likeness (QED) is 0.806. The molecule has 1 saturated heterocycles. The van der Waals surface area contributed by atoms with Gasteiger partial charge in [-0.05, 0) is 24.8 Å². The summed E-state index contributed by atoms with van der Waals surface area (Å²) in [5.41, 5.74) is 6.47. The fourth-order valence-corrected chi connectivity index (χ4v) is 3.08. The molecule has 0 amide bonds. The van der Waals surface area contributed by atoms with Crippen LogP contribution in [0.5, 0.6) is 0 Å². The van der Waals surface area contributed by atoms with Crippen molar-refractivity contribution in [2.45, 2.75) is 26.7 Å². The Bertz CT molecular complexity index is 392. The van der Waals surface area contributed by atoms with Crippen LogP contribution < -0.4 is 10.6 Å². The number of ketones is 1. The molecule has 1 aromatic rings. The summed E-state index contributed by atoms with van der Waals surface area (Å²) in [6, 6.07) is 1.94. The van der Waals surface area contributed by atoms with Gasteiger partial charge in [0, 0.05) is 20.0 Å². The molecule has 2 N–H and O–H groups in total. The maximum Gasteiger partial charge on any atom is 0.171 e. The number of hydrogen-bond donors (Lipinski definition) is 1. The maximum atomic E-state index is 11.3. The van der Waals surface area contributed by atoms with Crippen molar-refractivity contribution in [3.63, 3.8) is 0 Å². The van der Waals surface area contributed by atoms with Gasteiger partial charge in [-0.1, -0.05) is 6.92 Å². The van der Waals surface area contributed by atoms with Gasteiger partial charge in [0.15, 0.2) is 5.78 Å². The highest BCUT2D eigenvalue weighted by atomic mass is 32.1. The van der Waals surface area contributed by atoms with Crippen molar-refractivity contribution in [3.8, 4) is 0 Å². The summed E-state index contributed by atoms with van der Waals surface area (Å²) >= 11 is 1.53. The molecule has 88 valence electrons. The van der Waals surface area contributed by atoms with Gasteiger partial charge in [0.25, 0.3) is 0 Å². The van der Waals surface area contributed by atoms with Gasteiger partial charge in [-0.25, -0.2) is 0 Å². The molecule has 1 aliphatic rings. The minimum absolute atomic E-state index is 0.0686. The van der Waals surface area contributed by atoms with E-state index in [4.69, 9.17) is 5.73 Å². The molecule has 1 aromatic heterocycles. The van der Waals surface area contributed by atoms with E-state index in [1.807, 2.05) is 6.07 Å². The topological polar surface area (TPSA) is 46.3 Å². The summed E-state index contributed by atoms with van der Waals surface area (Å²) in [4.78, 5) is 14.4. The van der Waals surface area contributed by atoms with E-state index < -0.39 is 0 Å². The van der Waals surface area contributed by atoms with Crippen LogP contribution in [0.4, 0.5) is 10.7 Å². The van der Waals surface area contributed by atoms with Crippen molar-refractivity contribution >= 4 is 27.8 Å². The first-order valence-electron chi connectivity index (χ1n) is 5.73. The summed E-state index contributed by atoms with van der Waals surface area (Å²) in [5, 5.41) is 1.15. The maximum absolute atomic E-state index is 11.3. The van der Waals surface area contributed by atoms with Gasteiger partial charge in [0.1, 0.15) is 0 Å². The van der Waals surface area contributed by atoms with Crippen LogP contribution in [0.15, 0.2) is 6.07 Å². The Morgan fingerprint density at radius 2 is 2.12 bits per heavy atom. The number of hydrogen-bond acceptors (Lipinski definition) is 4. The van der Waals surface area contributed by atoms with Crippen molar-refractivity contribution < 1.29 is 4.79 Å². The highest BCUT2D eigenvalue weighted by molar-refractivity contribution is 7.18. The number of Topliss-reactive ketones (excluding diaryl/α,β-unsaturated/α-hetero) is 1. The van der Waals surface area contributed by atoms with Gasteiger partial charge < -0.3 is 10.6 Å². The standard InChI is InChI=1S/C12H18N2OS/c1-8-3-5-14(6-4-8)11-7-10(13)12(16-11)9(2)15/h7-8H,3-6,13H2,1-2H3. The fraction of sp³-hybridized carbons (Fsp3) is 0.583. The summed E-state index contributed by atoms with van der Waals surface area (Å²) in [7, 11) is 0. The van der Waals surface area contributed by atoms with Gasteiger partial charge in [-0.3, -0.25) is 4.79 Å². The number of carbonyl (C=O) groups is 1. The Hall–Kier alpha value is -1.03. The lowest BCUT2D eigenvalue weighted by molar-refractivity contribution is 0.102. The van der Waals surface area contributed by atoms with Crippen molar-refractivity contribution in [1.29, 1.82) is 0 Å². The Kier molecular flexibility index (Phi) is 3.19. The lowest BCUT2D eigenvalue weighted by Gasteiger charge is -2.30. The molecule has 0 bridgehead atoms. The molecule has 0 radical (unpaired) electrons. The molecule has 0 spiro atoms. The molecule has 2 rings (SSSR count). The second-order valence-electron chi connectivity index (χ2n) is 4.59. The van der Waals surface area contributed by atoms with Crippen molar-refractivity contribution in [2.75, 3.05) is 23.7 Å². The highest BCUT2D eigenvalue weighted by Crippen LogP contribution is 2.34. The Balaban J connectivity index is 2.15. The molecule has 0 unspecified atom stereocenters. The number of carbonyl (C=O) groups excluding carboxylic acids is 1. The molecule has 0 aliphatic carbocycles. The first-order chi connectivity index (χ1) is 7.58. The molecule has 0 saturated carbocycles. The van der Waals surface area contributed by atoms with E-state index in [0.717, 1.165) is 24.0 Å². The third-order valence-electron chi connectivity index (χ3n) is 3.16. The van der Waals surface area contributed by atoms with Crippen LogP contribution >= 0.6 is 11.3 Å². The third kappa shape index (κ3) is 2.21. The Morgan fingerprint density at radius 1 is 1.50 bits per heavy atom. The number of anilines is 2. The number of nitrogens with two attached hydrogens (primary N) is 1. The zero-order chi connectivity index (χ0) is 11.7. The molecule has 0 aromatic carbocycles. The van der Waals surface area contributed by atoms with E-state index in [9.17, 15) is 4.79 Å². The molecular formula is C12H18N2OS. The molecule has 3 nitrogen and oxygen atoms in total. The predicted molar refractivity (Wildman–Crippen MR) is 69.3 cm³/mol. The highest BCUT2D eigenvalue weighted by Gasteiger charge is 2.19. The molecule has 2 heterocycles. The minimum atomic E-state index is 0.0686. The van der Waals surface area contributed by atoms with Crippen molar-refractivity contribution in [1.82, 2.24) is 0 Å². The van der Waals surface area contributed by atoms with Crippen LogP contribution in [0.3, 0.4) is 0 Å².